The van der Waals surface area contributed by atoms with Crippen LogP contribution < -0.4 is 0 Å². The first-order valence-corrected chi connectivity index (χ1v) is 4.71. The summed E-state index contributed by atoms with van der Waals surface area (Å²) in [5.41, 5.74) is 0. The highest BCUT2D eigenvalue weighted by Crippen LogP contribution is 2.29. The molecule has 0 saturated heterocycles. The highest BCUT2D eigenvalue weighted by atomic mass is 14.6. The molecule has 0 aromatic heterocycles. The first kappa shape index (κ1) is 8.59. The lowest BCUT2D eigenvalue weighted by Gasteiger charge is -2.21. The van der Waals surface area contributed by atoms with Gasteiger partial charge in [0.05, 0.1) is 5.92 Å². The SMILES string of the molecule is CCC1CCC(C#[N+]C)CC1. The third-order valence-corrected chi connectivity index (χ3v) is 2.74. The summed E-state index contributed by atoms with van der Waals surface area (Å²) in [5.74, 6) is 1.66. The molecule has 62 valence electrons. The van der Waals surface area contributed by atoms with E-state index in [-0.39, 0.29) is 0 Å². The van der Waals surface area contributed by atoms with E-state index >= 15 is 0 Å². The first-order valence-electron chi connectivity index (χ1n) is 4.71. The van der Waals surface area contributed by atoms with Crippen LogP contribution in [0.5, 0.6) is 0 Å². The molecule has 1 saturated carbocycles. The molecule has 0 spiro atoms. The number of hydrogen-bond acceptors (Lipinski definition) is 0. The van der Waals surface area contributed by atoms with E-state index in [9.17, 15) is 0 Å². The van der Waals surface area contributed by atoms with Gasteiger partial charge in [0, 0.05) is 0 Å². The molecule has 0 bridgehead atoms. The van der Waals surface area contributed by atoms with E-state index in [0.29, 0.717) is 5.92 Å². The van der Waals surface area contributed by atoms with Gasteiger partial charge in [-0.05, 0) is 31.6 Å². The predicted octanol–water partition coefficient (Wildman–Crippen LogP) is 3.17. The summed E-state index contributed by atoms with van der Waals surface area (Å²) >= 11 is 0. The van der Waals surface area contributed by atoms with E-state index in [0.717, 1.165) is 5.92 Å². The summed E-state index contributed by atoms with van der Waals surface area (Å²) in [7, 11) is 1.83. The van der Waals surface area contributed by atoms with Gasteiger partial charge in [0.1, 0.15) is 0 Å². The van der Waals surface area contributed by atoms with Crippen LogP contribution in [0.25, 0.3) is 4.85 Å². The molecule has 0 aromatic rings. The van der Waals surface area contributed by atoms with Crippen molar-refractivity contribution in [1.82, 2.24) is 0 Å². The van der Waals surface area contributed by atoms with Crippen molar-refractivity contribution in [2.24, 2.45) is 11.8 Å². The summed E-state index contributed by atoms with van der Waals surface area (Å²) in [5, 5.41) is 0. The molecule has 0 N–H and O–H groups in total. The molecule has 1 rings (SSSR count). The maximum Gasteiger partial charge on any atom is 0.275 e. The number of rotatable bonds is 1. The summed E-state index contributed by atoms with van der Waals surface area (Å²) in [6, 6.07) is 3.15. The zero-order valence-corrected chi connectivity index (χ0v) is 7.64. The van der Waals surface area contributed by atoms with Crippen LogP contribution in [-0.4, -0.2) is 7.05 Å². The van der Waals surface area contributed by atoms with Crippen LogP contribution >= 0.6 is 0 Å². The van der Waals surface area contributed by atoms with Crippen LogP contribution in [0.3, 0.4) is 0 Å². The van der Waals surface area contributed by atoms with Crippen molar-refractivity contribution >= 4 is 0 Å². The Balaban J connectivity index is 2.28. The molecule has 0 aliphatic heterocycles. The van der Waals surface area contributed by atoms with Gasteiger partial charge in [0.25, 0.3) is 13.1 Å². The maximum absolute atomic E-state index is 3.96. The standard InChI is InChI=1S/C10H18N/c1-3-9-4-6-10(7-5-9)8-11-2/h9-10H,3-7H2,1-2H3/q+1. The average molecular weight is 152 g/mol. The van der Waals surface area contributed by atoms with Crippen LogP contribution in [0.4, 0.5) is 0 Å². The van der Waals surface area contributed by atoms with Crippen LogP contribution in [0.15, 0.2) is 0 Å². The van der Waals surface area contributed by atoms with Crippen LogP contribution in [0.2, 0.25) is 0 Å². The zero-order chi connectivity index (χ0) is 8.10. The van der Waals surface area contributed by atoms with Gasteiger partial charge in [0.2, 0.25) is 0 Å². The minimum Gasteiger partial charge on any atom is -0.0867 e. The third kappa shape index (κ3) is 2.54. The number of nitrogens with zero attached hydrogens (tertiary/aromatic N) is 1. The van der Waals surface area contributed by atoms with E-state index in [2.05, 4.69) is 17.8 Å². The normalized spacial score (nSPS) is 30.7. The van der Waals surface area contributed by atoms with Crippen molar-refractivity contribution < 1.29 is 0 Å². The number of hydrogen-bond donors (Lipinski definition) is 0. The van der Waals surface area contributed by atoms with Crippen LogP contribution in [-0.2, 0) is 0 Å². The van der Waals surface area contributed by atoms with E-state index in [1.165, 1.54) is 32.1 Å². The Morgan fingerprint density at radius 3 is 2.36 bits per heavy atom. The van der Waals surface area contributed by atoms with Gasteiger partial charge in [-0.1, -0.05) is 18.2 Å². The molecule has 0 atom stereocenters. The average Bonchev–Trinajstić information content (AvgIpc) is 2.07. The molecule has 0 aromatic carbocycles. The quantitative estimate of drug-likeness (QED) is 0.543. The molecular formula is C10H18N+. The van der Waals surface area contributed by atoms with Crippen molar-refractivity contribution in [3.63, 3.8) is 0 Å². The van der Waals surface area contributed by atoms with Gasteiger partial charge in [0.15, 0.2) is 0 Å². The van der Waals surface area contributed by atoms with Crippen molar-refractivity contribution in [2.75, 3.05) is 7.05 Å². The summed E-state index contributed by atoms with van der Waals surface area (Å²) in [6.07, 6.45) is 6.77. The second kappa shape index (κ2) is 4.38. The predicted molar refractivity (Wildman–Crippen MR) is 48.9 cm³/mol. The molecule has 1 nitrogen and oxygen atoms in total. The lowest BCUT2D eigenvalue weighted by atomic mass is 9.82. The molecular weight excluding hydrogens is 134 g/mol. The Morgan fingerprint density at radius 2 is 1.91 bits per heavy atom. The summed E-state index contributed by atoms with van der Waals surface area (Å²) in [4.78, 5) is 3.96. The van der Waals surface area contributed by atoms with E-state index < -0.39 is 0 Å². The van der Waals surface area contributed by atoms with Crippen molar-refractivity contribution in [1.29, 1.82) is 0 Å². The van der Waals surface area contributed by atoms with E-state index in [1.807, 2.05) is 7.05 Å². The highest BCUT2D eigenvalue weighted by Gasteiger charge is 2.21. The molecule has 0 amide bonds. The van der Waals surface area contributed by atoms with Crippen LogP contribution in [0.1, 0.15) is 39.0 Å². The fraction of sp³-hybridized carbons (Fsp3) is 0.900. The Labute approximate surface area is 69.6 Å². The van der Waals surface area contributed by atoms with Gasteiger partial charge in [-0.3, -0.25) is 0 Å². The largest absolute Gasteiger partial charge is 0.275 e. The molecule has 0 radical (unpaired) electrons. The van der Waals surface area contributed by atoms with Crippen molar-refractivity contribution in [3.8, 4) is 6.07 Å². The topological polar surface area (TPSA) is 4.36 Å². The Morgan fingerprint density at radius 1 is 1.27 bits per heavy atom. The van der Waals surface area contributed by atoms with Gasteiger partial charge in [-0.15, -0.1) is 0 Å². The van der Waals surface area contributed by atoms with Gasteiger partial charge in [-0.25, -0.2) is 0 Å². The Bertz CT molecular complexity index is 155. The minimum atomic E-state index is 0.669. The van der Waals surface area contributed by atoms with Crippen molar-refractivity contribution in [2.45, 2.75) is 39.0 Å². The van der Waals surface area contributed by atoms with Gasteiger partial charge >= 0.3 is 0 Å². The minimum absolute atomic E-state index is 0.669. The van der Waals surface area contributed by atoms with Crippen LogP contribution in [0, 0.1) is 17.9 Å². The van der Waals surface area contributed by atoms with E-state index in [4.69, 9.17) is 0 Å². The summed E-state index contributed by atoms with van der Waals surface area (Å²) in [6.45, 7) is 2.29. The van der Waals surface area contributed by atoms with Gasteiger partial charge < -0.3 is 0 Å². The molecule has 1 aliphatic rings. The molecule has 11 heavy (non-hydrogen) atoms. The Kier molecular flexibility index (Phi) is 3.42. The van der Waals surface area contributed by atoms with Crippen molar-refractivity contribution in [3.05, 3.63) is 4.85 Å². The van der Waals surface area contributed by atoms with Gasteiger partial charge in [-0.2, -0.15) is 0 Å². The molecule has 1 heteroatoms. The Hall–Kier alpha value is -0.510. The smallest absolute Gasteiger partial charge is 0.0867 e. The molecule has 1 aliphatic carbocycles. The first-order chi connectivity index (χ1) is 5.36. The molecule has 0 heterocycles. The lowest BCUT2D eigenvalue weighted by Crippen LogP contribution is -2.12. The highest BCUT2D eigenvalue weighted by molar-refractivity contribution is 4.94. The third-order valence-electron chi connectivity index (χ3n) is 2.74. The zero-order valence-electron chi connectivity index (χ0n) is 7.64. The second-order valence-corrected chi connectivity index (χ2v) is 3.48. The fourth-order valence-corrected chi connectivity index (χ4v) is 1.88. The second-order valence-electron chi connectivity index (χ2n) is 3.48. The maximum atomic E-state index is 3.96. The fourth-order valence-electron chi connectivity index (χ4n) is 1.88. The lowest BCUT2D eigenvalue weighted by molar-refractivity contribution is 0.309. The summed E-state index contributed by atoms with van der Waals surface area (Å²) < 4.78 is 0. The van der Waals surface area contributed by atoms with E-state index in [1.54, 1.807) is 0 Å². The molecule has 1 fully saturated rings. The monoisotopic (exact) mass is 152 g/mol. The molecule has 0 unspecified atom stereocenters.